The SMILES string of the molecule is CC(C)c1cc(C(=O)N(C)CC2CCCO2)cc(NN)n1. The number of hydrogen-bond donors (Lipinski definition) is 2. The van der Waals surface area contributed by atoms with Gasteiger partial charge < -0.3 is 15.1 Å². The predicted molar refractivity (Wildman–Crippen MR) is 82.1 cm³/mol. The molecule has 0 spiro atoms. The number of hydrogen-bond acceptors (Lipinski definition) is 5. The van der Waals surface area contributed by atoms with E-state index in [1.807, 2.05) is 19.9 Å². The third-order valence-electron chi connectivity index (χ3n) is 3.68. The molecule has 21 heavy (non-hydrogen) atoms. The van der Waals surface area contributed by atoms with Crippen LogP contribution < -0.4 is 11.3 Å². The van der Waals surface area contributed by atoms with Crippen LogP contribution in [0.2, 0.25) is 0 Å². The first-order valence-corrected chi connectivity index (χ1v) is 7.37. The Morgan fingerprint density at radius 2 is 2.33 bits per heavy atom. The van der Waals surface area contributed by atoms with E-state index >= 15 is 0 Å². The van der Waals surface area contributed by atoms with Crippen LogP contribution in [0.4, 0.5) is 5.82 Å². The Bertz CT molecular complexity index is 498. The molecule has 0 aromatic carbocycles. The van der Waals surface area contributed by atoms with Gasteiger partial charge in [-0.2, -0.15) is 0 Å². The molecule has 0 radical (unpaired) electrons. The van der Waals surface area contributed by atoms with Crippen molar-refractivity contribution in [3.63, 3.8) is 0 Å². The number of nitrogen functional groups attached to an aromatic ring is 1. The molecule has 1 aromatic heterocycles. The van der Waals surface area contributed by atoms with E-state index in [9.17, 15) is 4.79 Å². The fourth-order valence-corrected chi connectivity index (χ4v) is 2.44. The van der Waals surface area contributed by atoms with Crippen molar-refractivity contribution < 1.29 is 9.53 Å². The average Bonchev–Trinajstić information content (AvgIpc) is 2.98. The number of anilines is 1. The average molecular weight is 292 g/mol. The highest BCUT2D eigenvalue weighted by Gasteiger charge is 2.21. The van der Waals surface area contributed by atoms with Crippen LogP contribution in [0.1, 0.15) is 48.7 Å². The summed E-state index contributed by atoms with van der Waals surface area (Å²) in [4.78, 5) is 18.6. The highest BCUT2D eigenvalue weighted by atomic mass is 16.5. The van der Waals surface area contributed by atoms with E-state index in [2.05, 4.69) is 10.4 Å². The molecule has 6 nitrogen and oxygen atoms in total. The van der Waals surface area contributed by atoms with E-state index < -0.39 is 0 Å². The van der Waals surface area contributed by atoms with Crippen LogP contribution in [0.15, 0.2) is 12.1 Å². The molecule has 1 aliphatic heterocycles. The number of rotatable bonds is 5. The van der Waals surface area contributed by atoms with Crippen LogP contribution >= 0.6 is 0 Å². The zero-order valence-electron chi connectivity index (χ0n) is 12.9. The lowest BCUT2D eigenvalue weighted by molar-refractivity contribution is 0.0587. The molecule has 1 saturated heterocycles. The molecule has 1 unspecified atom stereocenters. The van der Waals surface area contributed by atoms with E-state index in [1.54, 1.807) is 18.0 Å². The Morgan fingerprint density at radius 3 is 2.90 bits per heavy atom. The minimum Gasteiger partial charge on any atom is -0.376 e. The number of carbonyl (C=O) groups is 1. The van der Waals surface area contributed by atoms with Gasteiger partial charge in [-0.3, -0.25) is 4.79 Å². The van der Waals surface area contributed by atoms with Gasteiger partial charge in [0.05, 0.1) is 6.10 Å². The minimum absolute atomic E-state index is 0.0358. The van der Waals surface area contributed by atoms with Crippen LogP contribution in [0.25, 0.3) is 0 Å². The number of carbonyl (C=O) groups excluding carboxylic acids is 1. The van der Waals surface area contributed by atoms with Gasteiger partial charge in [-0.15, -0.1) is 0 Å². The molecule has 1 aliphatic rings. The molecule has 0 bridgehead atoms. The first kappa shape index (κ1) is 15.7. The van der Waals surface area contributed by atoms with Crippen molar-refractivity contribution in [2.45, 2.75) is 38.7 Å². The lowest BCUT2D eigenvalue weighted by atomic mass is 10.1. The molecule has 0 aliphatic carbocycles. The van der Waals surface area contributed by atoms with Crippen LogP contribution in [-0.2, 0) is 4.74 Å². The summed E-state index contributed by atoms with van der Waals surface area (Å²) in [6, 6.07) is 3.51. The molecule has 1 aromatic rings. The quantitative estimate of drug-likeness (QED) is 0.638. The largest absolute Gasteiger partial charge is 0.376 e. The Labute approximate surface area is 125 Å². The molecule has 116 valence electrons. The highest BCUT2D eigenvalue weighted by Crippen LogP contribution is 2.19. The number of nitrogens with zero attached hydrogens (tertiary/aromatic N) is 2. The van der Waals surface area contributed by atoms with Gasteiger partial charge in [0, 0.05) is 31.5 Å². The fraction of sp³-hybridized carbons (Fsp3) is 0.600. The van der Waals surface area contributed by atoms with Crippen molar-refractivity contribution >= 4 is 11.7 Å². The normalized spacial score (nSPS) is 18.0. The first-order chi connectivity index (χ1) is 10.0. The molecule has 1 fully saturated rings. The zero-order chi connectivity index (χ0) is 15.4. The van der Waals surface area contributed by atoms with E-state index in [-0.39, 0.29) is 17.9 Å². The second-order valence-corrected chi connectivity index (χ2v) is 5.79. The van der Waals surface area contributed by atoms with Gasteiger partial charge >= 0.3 is 0 Å². The van der Waals surface area contributed by atoms with Gasteiger partial charge in [-0.25, -0.2) is 10.8 Å². The third-order valence-corrected chi connectivity index (χ3v) is 3.68. The monoisotopic (exact) mass is 292 g/mol. The second kappa shape index (κ2) is 6.87. The first-order valence-electron chi connectivity index (χ1n) is 7.37. The Balaban J connectivity index is 2.14. The molecule has 6 heteroatoms. The number of hydrazine groups is 1. The standard InChI is InChI=1S/C15H24N4O2/c1-10(2)13-7-11(8-14(17-13)18-16)15(20)19(3)9-12-5-4-6-21-12/h7-8,10,12H,4-6,9,16H2,1-3H3,(H,17,18). The van der Waals surface area contributed by atoms with Crippen molar-refractivity contribution in [2.24, 2.45) is 5.84 Å². The van der Waals surface area contributed by atoms with Crippen LogP contribution in [-0.4, -0.2) is 42.1 Å². The fourth-order valence-electron chi connectivity index (χ4n) is 2.44. The minimum atomic E-state index is -0.0358. The maximum absolute atomic E-state index is 12.5. The molecule has 3 N–H and O–H groups in total. The molecular formula is C15H24N4O2. The van der Waals surface area contributed by atoms with Gasteiger partial charge in [0.2, 0.25) is 0 Å². The summed E-state index contributed by atoms with van der Waals surface area (Å²) in [5, 5.41) is 0. The summed E-state index contributed by atoms with van der Waals surface area (Å²) in [7, 11) is 1.80. The number of amides is 1. The second-order valence-electron chi connectivity index (χ2n) is 5.79. The van der Waals surface area contributed by atoms with E-state index in [0.717, 1.165) is 25.1 Å². The number of nitrogens with one attached hydrogen (secondary N) is 1. The number of likely N-dealkylation sites (N-methyl/N-ethyl adjacent to an activating group) is 1. The number of pyridine rings is 1. The zero-order valence-corrected chi connectivity index (χ0v) is 12.9. The molecular weight excluding hydrogens is 268 g/mol. The Morgan fingerprint density at radius 1 is 1.57 bits per heavy atom. The van der Waals surface area contributed by atoms with Crippen LogP contribution in [0, 0.1) is 0 Å². The summed E-state index contributed by atoms with van der Waals surface area (Å²) < 4.78 is 5.58. The maximum atomic E-state index is 12.5. The predicted octanol–water partition coefficient (Wildman–Crippen LogP) is 1.74. The highest BCUT2D eigenvalue weighted by molar-refractivity contribution is 5.94. The summed E-state index contributed by atoms with van der Waals surface area (Å²) in [5.74, 6) is 6.14. The van der Waals surface area contributed by atoms with Crippen molar-refractivity contribution in [3.8, 4) is 0 Å². The lowest BCUT2D eigenvalue weighted by Crippen LogP contribution is -2.34. The lowest BCUT2D eigenvalue weighted by Gasteiger charge is -2.21. The smallest absolute Gasteiger partial charge is 0.253 e. The summed E-state index contributed by atoms with van der Waals surface area (Å²) in [6.07, 6.45) is 2.24. The third kappa shape index (κ3) is 3.92. The van der Waals surface area contributed by atoms with Gasteiger partial charge in [0.1, 0.15) is 5.82 Å². The molecule has 2 heterocycles. The van der Waals surface area contributed by atoms with Crippen LogP contribution in [0.5, 0.6) is 0 Å². The summed E-state index contributed by atoms with van der Waals surface area (Å²) in [6.45, 7) is 5.48. The van der Waals surface area contributed by atoms with Gasteiger partial charge in [-0.05, 0) is 30.9 Å². The van der Waals surface area contributed by atoms with Crippen molar-refractivity contribution in [3.05, 3.63) is 23.4 Å². The van der Waals surface area contributed by atoms with E-state index in [4.69, 9.17) is 10.6 Å². The molecule has 2 rings (SSSR count). The van der Waals surface area contributed by atoms with Crippen molar-refractivity contribution in [2.75, 3.05) is 25.6 Å². The Hall–Kier alpha value is -1.66. The molecule has 0 saturated carbocycles. The topological polar surface area (TPSA) is 80.5 Å². The van der Waals surface area contributed by atoms with Gasteiger partial charge in [0.15, 0.2) is 0 Å². The van der Waals surface area contributed by atoms with Crippen molar-refractivity contribution in [1.29, 1.82) is 0 Å². The summed E-state index contributed by atoms with van der Waals surface area (Å²) in [5.41, 5.74) is 3.97. The van der Waals surface area contributed by atoms with Crippen LogP contribution in [0.3, 0.4) is 0 Å². The maximum Gasteiger partial charge on any atom is 0.253 e. The summed E-state index contributed by atoms with van der Waals surface area (Å²) >= 11 is 0. The van der Waals surface area contributed by atoms with E-state index in [1.165, 1.54) is 0 Å². The van der Waals surface area contributed by atoms with E-state index in [0.29, 0.717) is 17.9 Å². The Kier molecular flexibility index (Phi) is 5.14. The molecule has 1 amide bonds. The number of nitrogens with two attached hydrogens (primary N) is 1. The van der Waals surface area contributed by atoms with Crippen molar-refractivity contribution in [1.82, 2.24) is 9.88 Å². The number of ether oxygens (including phenoxy) is 1. The number of aromatic nitrogens is 1. The molecule has 1 atom stereocenters. The van der Waals surface area contributed by atoms with Gasteiger partial charge in [-0.1, -0.05) is 13.8 Å². The van der Waals surface area contributed by atoms with Gasteiger partial charge in [0.25, 0.3) is 5.91 Å².